The van der Waals surface area contributed by atoms with E-state index in [2.05, 4.69) is 20.3 Å². The van der Waals surface area contributed by atoms with Crippen LogP contribution in [0.2, 0.25) is 0 Å². The first kappa shape index (κ1) is 21.1. The number of nitrogens with zero attached hydrogens (tertiary/aromatic N) is 5. The van der Waals surface area contributed by atoms with Crippen LogP contribution in [0.5, 0.6) is 0 Å². The van der Waals surface area contributed by atoms with Gasteiger partial charge >= 0.3 is 0 Å². The molecule has 29 heavy (non-hydrogen) atoms. The van der Waals surface area contributed by atoms with Crippen molar-refractivity contribution in [3.05, 3.63) is 47.5 Å². The van der Waals surface area contributed by atoms with E-state index in [0.29, 0.717) is 49.7 Å². The fourth-order valence-electron chi connectivity index (χ4n) is 3.30. The molecule has 156 valence electrons. The number of sulfonamides is 1. The van der Waals surface area contributed by atoms with E-state index in [9.17, 15) is 13.2 Å². The van der Waals surface area contributed by atoms with Gasteiger partial charge in [-0.05, 0) is 24.5 Å². The molecule has 0 aliphatic carbocycles. The number of anilines is 1. The zero-order valence-electron chi connectivity index (χ0n) is 16.9. The SMILES string of the molecule is CN(C)c1ncc(C(=O)NCCc2cccnc2)c(C2CCN(S(C)(=O)=O)C2)n1. The van der Waals surface area contributed by atoms with Crippen molar-refractivity contribution in [3.63, 3.8) is 0 Å². The van der Waals surface area contributed by atoms with E-state index in [1.165, 1.54) is 16.8 Å². The van der Waals surface area contributed by atoms with E-state index >= 15 is 0 Å². The van der Waals surface area contributed by atoms with Gasteiger partial charge in [-0.15, -0.1) is 0 Å². The molecule has 1 fully saturated rings. The van der Waals surface area contributed by atoms with Crippen molar-refractivity contribution in [2.75, 3.05) is 44.9 Å². The molecule has 0 aromatic carbocycles. The standard InChI is InChI=1S/C19H26N6O3S/c1-24(2)19-22-12-16(18(26)21-9-6-14-5-4-8-20-11-14)17(23-19)15-7-10-25(13-15)29(3,27)28/h4-5,8,11-12,15H,6-7,9-10,13H2,1-3H3,(H,21,26). The molecule has 0 radical (unpaired) electrons. The first-order chi connectivity index (χ1) is 13.8. The Morgan fingerprint density at radius 3 is 2.76 bits per heavy atom. The van der Waals surface area contributed by atoms with Gasteiger partial charge in [0.1, 0.15) is 0 Å². The normalized spacial score (nSPS) is 17.3. The van der Waals surface area contributed by atoms with E-state index in [-0.39, 0.29) is 11.8 Å². The summed E-state index contributed by atoms with van der Waals surface area (Å²) in [4.78, 5) is 27.5. The summed E-state index contributed by atoms with van der Waals surface area (Å²) in [6, 6.07) is 3.81. The predicted octanol–water partition coefficient (Wildman–Crippen LogP) is 0.659. The number of carbonyl (C=O) groups is 1. The Balaban J connectivity index is 1.77. The highest BCUT2D eigenvalue weighted by atomic mass is 32.2. The number of nitrogens with one attached hydrogen (secondary N) is 1. The summed E-state index contributed by atoms with van der Waals surface area (Å²) in [5.41, 5.74) is 2.02. The van der Waals surface area contributed by atoms with Crippen molar-refractivity contribution in [1.82, 2.24) is 24.6 Å². The van der Waals surface area contributed by atoms with Gasteiger partial charge in [-0.2, -0.15) is 0 Å². The number of amides is 1. The topological polar surface area (TPSA) is 108 Å². The molecule has 1 unspecified atom stereocenters. The second kappa shape index (κ2) is 8.83. The van der Waals surface area contributed by atoms with Gasteiger partial charge in [0.15, 0.2) is 0 Å². The number of rotatable bonds is 7. The summed E-state index contributed by atoms with van der Waals surface area (Å²) in [6.45, 7) is 1.20. The van der Waals surface area contributed by atoms with E-state index < -0.39 is 10.0 Å². The Bertz CT molecular complexity index is 965. The molecule has 1 amide bonds. The number of hydrogen-bond acceptors (Lipinski definition) is 7. The highest BCUT2D eigenvalue weighted by Crippen LogP contribution is 2.30. The summed E-state index contributed by atoms with van der Waals surface area (Å²) in [5.74, 6) is 0.0854. The van der Waals surface area contributed by atoms with Crippen LogP contribution in [0.3, 0.4) is 0 Å². The molecule has 1 N–H and O–H groups in total. The van der Waals surface area contributed by atoms with Gasteiger partial charge in [0.05, 0.1) is 17.5 Å². The molecule has 1 saturated heterocycles. The van der Waals surface area contributed by atoms with Crippen molar-refractivity contribution in [2.24, 2.45) is 0 Å². The Hall–Kier alpha value is -2.59. The first-order valence-electron chi connectivity index (χ1n) is 9.42. The van der Waals surface area contributed by atoms with Crippen LogP contribution in [-0.2, 0) is 16.4 Å². The highest BCUT2D eigenvalue weighted by Gasteiger charge is 2.33. The minimum absolute atomic E-state index is 0.148. The Morgan fingerprint density at radius 2 is 2.14 bits per heavy atom. The monoisotopic (exact) mass is 418 g/mol. The molecular weight excluding hydrogens is 392 g/mol. The van der Waals surface area contributed by atoms with Gasteiger partial charge in [0, 0.05) is 58.2 Å². The van der Waals surface area contributed by atoms with Gasteiger partial charge in [0.2, 0.25) is 16.0 Å². The average Bonchev–Trinajstić information content (AvgIpc) is 3.19. The maximum atomic E-state index is 12.8. The third-order valence-corrected chi connectivity index (χ3v) is 6.15. The van der Waals surface area contributed by atoms with E-state index in [4.69, 9.17) is 0 Å². The molecule has 10 heteroatoms. The second-order valence-corrected chi connectivity index (χ2v) is 9.32. The van der Waals surface area contributed by atoms with Crippen molar-refractivity contribution in [3.8, 4) is 0 Å². The fraction of sp³-hybridized carbons (Fsp3) is 0.474. The third-order valence-electron chi connectivity index (χ3n) is 4.88. The number of carbonyl (C=O) groups excluding carboxylic acids is 1. The van der Waals surface area contributed by atoms with Crippen LogP contribution in [0.25, 0.3) is 0 Å². The summed E-state index contributed by atoms with van der Waals surface area (Å²) < 4.78 is 25.2. The molecule has 0 spiro atoms. The lowest BCUT2D eigenvalue weighted by molar-refractivity contribution is 0.0952. The smallest absolute Gasteiger partial charge is 0.254 e. The number of hydrogen-bond donors (Lipinski definition) is 1. The zero-order chi connectivity index (χ0) is 21.0. The van der Waals surface area contributed by atoms with E-state index in [1.807, 2.05) is 26.2 Å². The van der Waals surface area contributed by atoms with Crippen LogP contribution < -0.4 is 10.2 Å². The molecule has 2 aromatic heterocycles. The van der Waals surface area contributed by atoms with Gasteiger partial charge < -0.3 is 10.2 Å². The van der Waals surface area contributed by atoms with Gasteiger partial charge in [-0.25, -0.2) is 22.7 Å². The van der Waals surface area contributed by atoms with Crippen LogP contribution in [0.15, 0.2) is 30.7 Å². The van der Waals surface area contributed by atoms with Crippen molar-refractivity contribution >= 4 is 21.9 Å². The fourth-order valence-corrected chi connectivity index (χ4v) is 4.19. The lowest BCUT2D eigenvalue weighted by atomic mass is 10.00. The van der Waals surface area contributed by atoms with E-state index in [1.54, 1.807) is 17.3 Å². The lowest BCUT2D eigenvalue weighted by Crippen LogP contribution is -2.30. The summed E-state index contributed by atoms with van der Waals surface area (Å²) in [6.07, 6.45) is 7.49. The number of pyridine rings is 1. The molecular formula is C19H26N6O3S. The highest BCUT2D eigenvalue weighted by molar-refractivity contribution is 7.88. The molecule has 1 aliphatic heterocycles. The zero-order valence-corrected chi connectivity index (χ0v) is 17.7. The van der Waals surface area contributed by atoms with Crippen LogP contribution in [-0.4, -0.2) is 73.6 Å². The predicted molar refractivity (Wildman–Crippen MR) is 110 cm³/mol. The molecule has 1 atom stereocenters. The summed E-state index contributed by atoms with van der Waals surface area (Å²) >= 11 is 0. The molecule has 3 rings (SSSR count). The largest absolute Gasteiger partial charge is 0.352 e. The Kier molecular flexibility index (Phi) is 6.43. The first-order valence-corrected chi connectivity index (χ1v) is 11.3. The lowest BCUT2D eigenvalue weighted by Gasteiger charge is -2.18. The molecule has 9 nitrogen and oxygen atoms in total. The Morgan fingerprint density at radius 1 is 1.34 bits per heavy atom. The van der Waals surface area contributed by atoms with Crippen LogP contribution >= 0.6 is 0 Å². The Labute approximate surface area is 171 Å². The second-order valence-electron chi connectivity index (χ2n) is 7.34. The van der Waals surface area contributed by atoms with Crippen molar-refractivity contribution < 1.29 is 13.2 Å². The molecule has 0 bridgehead atoms. The van der Waals surface area contributed by atoms with Crippen LogP contribution in [0, 0.1) is 0 Å². The van der Waals surface area contributed by atoms with Crippen molar-refractivity contribution in [2.45, 2.75) is 18.8 Å². The summed E-state index contributed by atoms with van der Waals surface area (Å²) in [5, 5.41) is 2.91. The van der Waals surface area contributed by atoms with Crippen LogP contribution in [0.4, 0.5) is 5.95 Å². The van der Waals surface area contributed by atoms with Gasteiger partial charge in [0.25, 0.3) is 5.91 Å². The van der Waals surface area contributed by atoms with Crippen LogP contribution in [0.1, 0.15) is 34.0 Å². The van der Waals surface area contributed by atoms with Gasteiger partial charge in [-0.3, -0.25) is 9.78 Å². The summed E-state index contributed by atoms with van der Waals surface area (Å²) in [7, 11) is 0.372. The maximum Gasteiger partial charge on any atom is 0.254 e. The van der Waals surface area contributed by atoms with Gasteiger partial charge in [-0.1, -0.05) is 6.07 Å². The minimum atomic E-state index is -3.27. The number of aromatic nitrogens is 3. The molecule has 2 aromatic rings. The van der Waals surface area contributed by atoms with E-state index in [0.717, 1.165) is 5.56 Å². The quantitative estimate of drug-likeness (QED) is 0.703. The molecule has 1 aliphatic rings. The molecule has 0 saturated carbocycles. The minimum Gasteiger partial charge on any atom is -0.352 e. The average molecular weight is 419 g/mol. The maximum absolute atomic E-state index is 12.8. The molecule has 3 heterocycles. The third kappa shape index (κ3) is 5.27. The van der Waals surface area contributed by atoms with Crippen molar-refractivity contribution in [1.29, 1.82) is 0 Å².